The number of rotatable bonds is 10. The summed E-state index contributed by atoms with van der Waals surface area (Å²) in [6.45, 7) is 13.4. The predicted octanol–water partition coefficient (Wildman–Crippen LogP) is 7.30. The highest BCUT2D eigenvalue weighted by atomic mass is 32.2. The Morgan fingerprint density at radius 1 is 1.13 bits per heavy atom. The van der Waals surface area contributed by atoms with Crippen molar-refractivity contribution in [3.05, 3.63) is 66.4 Å². The van der Waals surface area contributed by atoms with Gasteiger partial charge in [-0.2, -0.15) is 0 Å². The normalized spacial score (nSPS) is 11.9. The first-order valence-electron chi connectivity index (χ1n) is 11.1. The molecule has 0 bridgehead atoms. The van der Waals surface area contributed by atoms with Crippen LogP contribution in [0.2, 0.25) is 0 Å². The monoisotopic (exact) mass is 436 g/mol. The van der Waals surface area contributed by atoms with Crippen molar-refractivity contribution in [2.24, 2.45) is 0 Å². The van der Waals surface area contributed by atoms with Crippen molar-refractivity contribution in [1.82, 2.24) is 14.5 Å². The van der Waals surface area contributed by atoms with Crippen molar-refractivity contribution in [3.63, 3.8) is 0 Å². The van der Waals surface area contributed by atoms with E-state index in [1.807, 2.05) is 23.9 Å². The summed E-state index contributed by atoms with van der Waals surface area (Å²) in [6.07, 6.45) is 12.0. The number of aromatic nitrogens is 3. The third-order valence-corrected chi connectivity index (χ3v) is 6.30. The van der Waals surface area contributed by atoms with Crippen molar-refractivity contribution >= 4 is 39.5 Å². The van der Waals surface area contributed by atoms with Gasteiger partial charge in [0.1, 0.15) is 11.3 Å². The first kappa shape index (κ1) is 24.7. The molecule has 166 valence electrons. The number of unbranched alkanes of at least 4 members (excludes halogenated alkanes) is 2. The van der Waals surface area contributed by atoms with Crippen LogP contribution < -0.4 is 5.73 Å². The zero-order valence-electron chi connectivity index (χ0n) is 19.2. The summed E-state index contributed by atoms with van der Waals surface area (Å²) in [5.41, 5.74) is 9.23. The van der Waals surface area contributed by atoms with Crippen LogP contribution in [0, 0.1) is 0 Å². The molecule has 0 amide bonds. The molecule has 1 aromatic carbocycles. The molecular formula is C26H36N4S. The Morgan fingerprint density at radius 2 is 1.90 bits per heavy atom. The van der Waals surface area contributed by atoms with Gasteiger partial charge < -0.3 is 10.3 Å². The SMILES string of the molecule is C/C=C\C(=C/C)SCCCCn1c(CCCC)nc2c(N)nc3ccccc3c21.C=C. The summed E-state index contributed by atoms with van der Waals surface area (Å²) in [5, 5.41) is 1.14. The second-order valence-corrected chi connectivity index (χ2v) is 8.41. The van der Waals surface area contributed by atoms with Crippen molar-refractivity contribution in [2.45, 2.75) is 59.4 Å². The van der Waals surface area contributed by atoms with Gasteiger partial charge in [-0.25, -0.2) is 9.97 Å². The fourth-order valence-corrected chi connectivity index (χ4v) is 4.61. The van der Waals surface area contributed by atoms with Crippen molar-refractivity contribution in [1.29, 1.82) is 0 Å². The summed E-state index contributed by atoms with van der Waals surface area (Å²) in [7, 11) is 0. The minimum atomic E-state index is 0.537. The maximum atomic E-state index is 6.28. The van der Waals surface area contributed by atoms with Gasteiger partial charge in [-0.1, -0.05) is 49.8 Å². The number of anilines is 1. The Hall–Kier alpha value is -2.53. The Balaban J connectivity index is 0.00000166. The molecule has 3 rings (SSSR count). The van der Waals surface area contributed by atoms with Gasteiger partial charge in [0.2, 0.25) is 0 Å². The van der Waals surface area contributed by atoms with E-state index < -0.39 is 0 Å². The third-order valence-electron chi connectivity index (χ3n) is 5.10. The predicted molar refractivity (Wildman–Crippen MR) is 140 cm³/mol. The molecule has 0 saturated carbocycles. The lowest BCUT2D eigenvalue weighted by atomic mass is 10.2. The summed E-state index contributed by atoms with van der Waals surface area (Å²) in [4.78, 5) is 10.8. The quantitative estimate of drug-likeness (QED) is 0.206. The van der Waals surface area contributed by atoms with Crippen LogP contribution in [0.25, 0.3) is 21.9 Å². The van der Waals surface area contributed by atoms with E-state index >= 15 is 0 Å². The smallest absolute Gasteiger partial charge is 0.152 e. The van der Waals surface area contributed by atoms with Crippen LogP contribution in [0.1, 0.15) is 52.3 Å². The van der Waals surface area contributed by atoms with Crippen LogP contribution in [0.15, 0.2) is 60.6 Å². The molecule has 0 fully saturated rings. The molecule has 0 atom stereocenters. The summed E-state index contributed by atoms with van der Waals surface area (Å²) < 4.78 is 2.40. The van der Waals surface area contributed by atoms with Crippen LogP contribution in [0.4, 0.5) is 5.82 Å². The third kappa shape index (κ3) is 6.23. The maximum absolute atomic E-state index is 6.28. The fraction of sp³-hybridized carbons (Fsp3) is 0.385. The molecule has 2 heterocycles. The fourth-order valence-electron chi connectivity index (χ4n) is 3.63. The molecular weight excluding hydrogens is 400 g/mol. The van der Waals surface area contributed by atoms with Gasteiger partial charge in [-0.15, -0.1) is 24.9 Å². The molecule has 2 N–H and O–H groups in total. The number of hydrogen-bond acceptors (Lipinski definition) is 4. The lowest BCUT2D eigenvalue weighted by Crippen LogP contribution is -2.05. The highest BCUT2D eigenvalue weighted by molar-refractivity contribution is 8.03. The Kier molecular flexibility index (Phi) is 10.4. The van der Waals surface area contributed by atoms with Crippen LogP contribution >= 0.6 is 11.8 Å². The van der Waals surface area contributed by atoms with Crippen LogP contribution in [-0.2, 0) is 13.0 Å². The van der Waals surface area contributed by atoms with Crippen molar-refractivity contribution in [2.75, 3.05) is 11.5 Å². The summed E-state index contributed by atoms with van der Waals surface area (Å²) >= 11 is 1.93. The van der Waals surface area contributed by atoms with E-state index in [1.54, 1.807) is 0 Å². The molecule has 3 aromatic rings. The number of aryl methyl sites for hydroxylation is 2. The molecule has 0 aliphatic heterocycles. The average Bonchev–Trinajstić information content (AvgIpc) is 3.17. The molecule has 5 heteroatoms. The van der Waals surface area contributed by atoms with Gasteiger partial charge >= 0.3 is 0 Å². The van der Waals surface area contributed by atoms with E-state index in [0.29, 0.717) is 5.82 Å². The average molecular weight is 437 g/mol. The number of allylic oxidation sites excluding steroid dienone is 3. The number of fused-ring (bicyclic) bond motifs is 3. The molecule has 0 saturated heterocycles. The van der Waals surface area contributed by atoms with E-state index in [4.69, 9.17) is 10.7 Å². The number of benzene rings is 1. The van der Waals surface area contributed by atoms with Gasteiger partial charge in [0.05, 0.1) is 11.0 Å². The topological polar surface area (TPSA) is 56.7 Å². The standard InChI is InChI=1S/C24H32N4S.C2H4/c1-4-7-15-21-27-22-23(19-13-8-9-14-20(19)26-24(22)25)28(21)16-10-11-17-29-18(6-3)12-5-2;1-2/h5-6,8-9,12-14H,4,7,10-11,15-17H2,1-3H3,(H2,25,26);1-2H2/b12-5-,18-6+;. The largest absolute Gasteiger partial charge is 0.382 e. The van der Waals surface area contributed by atoms with E-state index in [-0.39, 0.29) is 0 Å². The molecule has 31 heavy (non-hydrogen) atoms. The Labute approximate surface area is 191 Å². The van der Waals surface area contributed by atoms with Gasteiger partial charge in [-0.05, 0) is 44.9 Å². The molecule has 0 aliphatic rings. The first-order chi connectivity index (χ1) is 15.2. The molecule has 0 spiro atoms. The second kappa shape index (κ2) is 13.0. The van der Waals surface area contributed by atoms with E-state index in [2.05, 4.69) is 73.8 Å². The molecule has 0 radical (unpaired) electrons. The number of pyridine rings is 1. The highest BCUT2D eigenvalue weighted by Gasteiger charge is 2.16. The minimum absolute atomic E-state index is 0.537. The second-order valence-electron chi connectivity index (χ2n) is 7.24. The number of para-hydroxylation sites is 1. The van der Waals surface area contributed by atoms with Crippen LogP contribution in [0.3, 0.4) is 0 Å². The van der Waals surface area contributed by atoms with Gasteiger partial charge in [0.25, 0.3) is 0 Å². The number of nitrogens with two attached hydrogens (primary N) is 1. The summed E-state index contributed by atoms with van der Waals surface area (Å²) in [6, 6.07) is 8.25. The van der Waals surface area contributed by atoms with Crippen molar-refractivity contribution < 1.29 is 0 Å². The lowest BCUT2D eigenvalue weighted by Gasteiger charge is -2.11. The molecule has 2 aromatic heterocycles. The number of nitrogens with zero attached hydrogens (tertiary/aromatic N) is 3. The number of nitrogen functional groups attached to an aromatic ring is 1. The van der Waals surface area contributed by atoms with Gasteiger partial charge in [0, 0.05) is 23.3 Å². The highest BCUT2D eigenvalue weighted by Crippen LogP contribution is 2.30. The number of thioether (sulfide) groups is 1. The zero-order valence-corrected chi connectivity index (χ0v) is 20.0. The van der Waals surface area contributed by atoms with Crippen molar-refractivity contribution in [3.8, 4) is 0 Å². The van der Waals surface area contributed by atoms with E-state index in [9.17, 15) is 0 Å². The maximum Gasteiger partial charge on any atom is 0.152 e. The minimum Gasteiger partial charge on any atom is -0.382 e. The van der Waals surface area contributed by atoms with Crippen LogP contribution in [0.5, 0.6) is 0 Å². The number of imidazole rings is 1. The Bertz CT molecular complexity index is 1030. The van der Waals surface area contributed by atoms with Crippen LogP contribution in [-0.4, -0.2) is 20.3 Å². The van der Waals surface area contributed by atoms with E-state index in [1.165, 1.54) is 11.3 Å². The molecule has 0 aliphatic carbocycles. The number of hydrogen-bond donors (Lipinski definition) is 1. The lowest BCUT2D eigenvalue weighted by molar-refractivity contribution is 0.607. The van der Waals surface area contributed by atoms with Gasteiger partial charge in [-0.3, -0.25) is 0 Å². The Morgan fingerprint density at radius 3 is 2.61 bits per heavy atom. The first-order valence-corrected chi connectivity index (χ1v) is 12.1. The zero-order chi connectivity index (χ0) is 22.6. The van der Waals surface area contributed by atoms with E-state index in [0.717, 1.165) is 65.7 Å². The molecule has 4 nitrogen and oxygen atoms in total. The van der Waals surface area contributed by atoms with Gasteiger partial charge in [0.15, 0.2) is 5.82 Å². The molecule has 0 unspecified atom stereocenters. The summed E-state index contributed by atoms with van der Waals surface area (Å²) in [5.74, 6) is 2.81.